The fourth-order valence-corrected chi connectivity index (χ4v) is 2.90. The van der Waals surface area contributed by atoms with E-state index in [0.717, 1.165) is 0 Å². The molecule has 8 nitrogen and oxygen atoms in total. The number of benzene rings is 1. The van der Waals surface area contributed by atoms with Crippen LogP contribution in [-0.4, -0.2) is 32.6 Å². The fraction of sp³-hybridized carbons (Fsp3) is 0.286. The van der Waals surface area contributed by atoms with Gasteiger partial charge in [-0.1, -0.05) is 6.92 Å². The molecule has 0 radical (unpaired) electrons. The van der Waals surface area contributed by atoms with Crippen LogP contribution in [0.2, 0.25) is 0 Å². The van der Waals surface area contributed by atoms with E-state index in [4.69, 9.17) is 15.2 Å². The summed E-state index contributed by atoms with van der Waals surface area (Å²) in [5.41, 5.74) is 6.68. The number of nitrogens with two attached hydrogens (primary N) is 1. The van der Waals surface area contributed by atoms with E-state index in [0.29, 0.717) is 17.7 Å². The van der Waals surface area contributed by atoms with Crippen molar-refractivity contribution in [2.24, 2.45) is 0 Å². The predicted molar refractivity (Wildman–Crippen MR) is 86.2 cm³/mol. The Morgan fingerprint density at radius 2 is 1.61 bits per heavy atom. The lowest BCUT2D eigenvalue weighted by atomic mass is 10.2. The Kier molecular flexibility index (Phi) is 4.89. The maximum atomic E-state index is 12.4. The number of hydrogen-bond donors (Lipinski definition) is 2. The molecule has 0 fully saturated rings. The van der Waals surface area contributed by atoms with Gasteiger partial charge in [0.15, 0.2) is 0 Å². The number of anilines is 2. The summed E-state index contributed by atoms with van der Waals surface area (Å²) in [4.78, 5) is 8.19. The van der Waals surface area contributed by atoms with Gasteiger partial charge in [-0.2, -0.15) is 9.97 Å². The summed E-state index contributed by atoms with van der Waals surface area (Å²) in [6, 6.07) is 5.78. The molecule has 0 atom stereocenters. The maximum Gasteiger partial charge on any atom is 0.264 e. The van der Waals surface area contributed by atoms with Gasteiger partial charge in [-0.3, -0.25) is 0 Å². The number of ether oxygens (including phenoxy) is 2. The standard InChI is InChI=1S/C14H18N4O4S/c1-4-11-12(21-2)16-14(17-13(11)22-3)18-23(19,20)10-7-5-9(15)6-8-10/h5-8H,4,15H2,1-3H3,(H,16,17,18). The second-order valence-electron chi connectivity index (χ2n) is 4.57. The number of methoxy groups -OCH3 is 2. The van der Waals surface area contributed by atoms with Crippen LogP contribution in [0.25, 0.3) is 0 Å². The molecule has 124 valence electrons. The first-order chi connectivity index (χ1) is 10.9. The number of nitrogens with one attached hydrogen (secondary N) is 1. The summed E-state index contributed by atoms with van der Waals surface area (Å²) in [6.07, 6.45) is 0.581. The molecule has 0 aliphatic carbocycles. The first kappa shape index (κ1) is 16.8. The molecule has 0 spiro atoms. The van der Waals surface area contributed by atoms with E-state index in [1.165, 1.54) is 38.5 Å². The third kappa shape index (κ3) is 3.62. The normalized spacial score (nSPS) is 11.1. The maximum absolute atomic E-state index is 12.4. The van der Waals surface area contributed by atoms with Gasteiger partial charge in [0.05, 0.1) is 24.7 Å². The number of rotatable bonds is 6. The molecule has 1 aromatic heterocycles. The SMILES string of the molecule is CCc1c(OC)nc(NS(=O)(=O)c2ccc(N)cc2)nc1OC. The molecule has 0 amide bonds. The molecule has 2 rings (SSSR count). The van der Waals surface area contributed by atoms with Crippen LogP contribution in [0.4, 0.5) is 11.6 Å². The molecule has 0 aliphatic heterocycles. The van der Waals surface area contributed by atoms with Gasteiger partial charge in [0, 0.05) is 5.69 Å². The Balaban J connectivity index is 2.41. The highest BCUT2D eigenvalue weighted by Crippen LogP contribution is 2.27. The number of aromatic nitrogens is 2. The highest BCUT2D eigenvalue weighted by Gasteiger charge is 2.19. The summed E-state index contributed by atoms with van der Waals surface area (Å²) in [7, 11) is -0.954. The van der Waals surface area contributed by atoms with Gasteiger partial charge in [-0.15, -0.1) is 0 Å². The van der Waals surface area contributed by atoms with Crippen LogP contribution < -0.4 is 19.9 Å². The minimum atomic E-state index is -3.84. The zero-order chi connectivity index (χ0) is 17.0. The minimum absolute atomic E-state index is 0.0489. The largest absolute Gasteiger partial charge is 0.481 e. The molecule has 2 aromatic rings. The van der Waals surface area contributed by atoms with Crippen molar-refractivity contribution in [2.75, 3.05) is 24.7 Å². The van der Waals surface area contributed by atoms with Crippen LogP contribution in [0.15, 0.2) is 29.2 Å². The third-order valence-corrected chi connectivity index (χ3v) is 4.43. The summed E-state index contributed by atoms with van der Waals surface area (Å²) in [6.45, 7) is 1.89. The van der Waals surface area contributed by atoms with Gasteiger partial charge >= 0.3 is 0 Å². The molecule has 0 saturated heterocycles. The Morgan fingerprint density at radius 3 is 2.04 bits per heavy atom. The van der Waals surface area contributed by atoms with Gasteiger partial charge in [0.25, 0.3) is 10.0 Å². The fourth-order valence-electron chi connectivity index (χ4n) is 1.96. The first-order valence-corrected chi connectivity index (χ1v) is 8.26. The van der Waals surface area contributed by atoms with Crippen molar-refractivity contribution in [3.05, 3.63) is 29.8 Å². The predicted octanol–water partition coefficient (Wildman–Crippen LogP) is 1.44. The van der Waals surface area contributed by atoms with E-state index < -0.39 is 10.0 Å². The topological polar surface area (TPSA) is 116 Å². The van der Waals surface area contributed by atoms with Crippen molar-refractivity contribution in [1.82, 2.24) is 9.97 Å². The molecule has 0 aliphatic rings. The monoisotopic (exact) mass is 338 g/mol. The molecule has 3 N–H and O–H groups in total. The summed E-state index contributed by atoms with van der Waals surface area (Å²) < 4.78 is 37.4. The van der Waals surface area contributed by atoms with Gasteiger partial charge < -0.3 is 15.2 Å². The second-order valence-corrected chi connectivity index (χ2v) is 6.25. The lowest BCUT2D eigenvalue weighted by Gasteiger charge is -2.13. The first-order valence-electron chi connectivity index (χ1n) is 6.78. The van der Waals surface area contributed by atoms with Crippen molar-refractivity contribution in [1.29, 1.82) is 0 Å². The van der Waals surface area contributed by atoms with Crippen molar-refractivity contribution >= 4 is 21.7 Å². The molecule has 1 aromatic carbocycles. The average molecular weight is 338 g/mol. The zero-order valence-electron chi connectivity index (χ0n) is 13.0. The third-order valence-electron chi connectivity index (χ3n) is 3.09. The van der Waals surface area contributed by atoms with E-state index in [1.54, 1.807) is 0 Å². The Labute approximate surface area is 134 Å². The Morgan fingerprint density at radius 1 is 1.09 bits per heavy atom. The summed E-state index contributed by atoms with van der Waals surface area (Å²) in [5, 5.41) is 0. The smallest absolute Gasteiger partial charge is 0.264 e. The number of nitrogens with zero attached hydrogens (tertiary/aromatic N) is 2. The van der Waals surface area contributed by atoms with E-state index in [2.05, 4.69) is 14.7 Å². The van der Waals surface area contributed by atoms with Crippen LogP contribution in [0.5, 0.6) is 11.8 Å². The zero-order valence-corrected chi connectivity index (χ0v) is 13.8. The van der Waals surface area contributed by atoms with Crippen molar-refractivity contribution in [3.63, 3.8) is 0 Å². The molecule has 0 unspecified atom stereocenters. The van der Waals surface area contributed by atoms with Crippen LogP contribution in [0, 0.1) is 0 Å². The molecule has 1 heterocycles. The molecular weight excluding hydrogens is 320 g/mol. The molecule has 23 heavy (non-hydrogen) atoms. The lowest BCUT2D eigenvalue weighted by Crippen LogP contribution is -2.16. The average Bonchev–Trinajstić information content (AvgIpc) is 2.53. The van der Waals surface area contributed by atoms with Gasteiger partial charge in [-0.25, -0.2) is 13.1 Å². The van der Waals surface area contributed by atoms with E-state index in [9.17, 15) is 8.42 Å². The van der Waals surface area contributed by atoms with Crippen LogP contribution >= 0.6 is 0 Å². The van der Waals surface area contributed by atoms with Gasteiger partial charge in [0.2, 0.25) is 17.7 Å². The number of nitrogen functional groups attached to an aromatic ring is 1. The Bertz CT molecular complexity index is 766. The van der Waals surface area contributed by atoms with Crippen molar-refractivity contribution in [2.45, 2.75) is 18.2 Å². The number of sulfonamides is 1. The number of hydrogen-bond acceptors (Lipinski definition) is 7. The molecule has 9 heteroatoms. The van der Waals surface area contributed by atoms with E-state index >= 15 is 0 Å². The van der Waals surface area contributed by atoms with Crippen LogP contribution in [-0.2, 0) is 16.4 Å². The van der Waals surface area contributed by atoms with Crippen molar-refractivity contribution in [3.8, 4) is 11.8 Å². The van der Waals surface area contributed by atoms with Crippen LogP contribution in [0.3, 0.4) is 0 Å². The van der Waals surface area contributed by atoms with Crippen LogP contribution in [0.1, 0.15) is 12.5 Å². The molecular formula is C14H18N4O4S. The minimum Gasteiger partial charge on any atom is -0.481 e. The molecule has 0 saturated carbocycles. The Hall–Kier alpha value is -2.55. The molecule has 0 bridgehead atoms. The summed E-state index contributed by atoms with van der Waals surface area (Å²) >= 11 is 0. The summed E-state index contributed by atoms with van der Waals surface area (Å²) in [5.74, 6) is 0.386. The van der Waals surface area contributed by atoms with Gasteiger partial charge in [-0.05, 0) is 30.7 Å². The quantitative estimate of drug-likeness (QED) is 0.765. The van der Waals surface area contributed by atoms with Gasteiger partial charge in [0.1, 0.15) is 0 Å². The highest BCUT2D eigenvalue weighted by molar-refractivity contribution is 7.92. The van der Waals surface area contributed by atoms with E-state index in [1.807, 2.05) is 6.92 Å². The van der Waals surface area contributed by atoms with E-state index in [-0.39, 0.29) is 22.6 Å². The lowest BCUT2D eigenvalue weighted by molar-refractivity contribution is 0.364. The second kappa shape index (κ2) is 6.69. The highest BCUT2D eigenvalue weighted by atomic mass is 32.2. The van der Waals surface area contributed by atoms with Crippen molar-refractivity contribution < 1.29 is 17.9 Å².